The van der Waals surface area contributed by atoms with E-state index in [4.69, 9.17) is 9.73 Å². The molecule has 6 heteroatoms. The lowest BCUT2D eigenvalue weighted by atomic mass is 9.83. The highest BCUT2D eigenvalue weighted by molar-refractivity contribution is 5.79. The molecule has 6 nitrogen and oxygen atoms in total. The van der Waals surface area contributed by atoms with Crippen LogP contribution in [0.5, 0.6) is 0 Å². The van der Waals surface area contributed by atoms with Gasteiger partial charge in [0.2, 0.25) is 0 Å². The lowest BCUT2D eigenvalue weighted by Crippen LogP contribution is -2.43. The predicted molar refractivity (Wildman–Crippen MR) is 123 cm³/mol. The SMILES string of the molecule is CCNC(=NCc1cccc(Cn2cccn2)c1)NCC1(CCOCC)CCCC1. The van der Waals surface area contributed by atoms with Gasteiger partial charge in [-0.3, -0.25) is 4.68 Å². The molecule has 0 amide bonds. The fraction of sp³-hybridized carbons (Fsp3) is 0.583. The Balaban J connectivity index is 1.58. The maximum atomic E-state index is 5.65. The summed E-state index contributed by atoms with van der Waals surface area (Å²) in [6.45, 7) is 9.10. The standard InChI is InChI=1S/C24H37N5O/c1-3-25-23(27-20-24(11-5-6-12-24)13-16-30-4-2)26-18-21-9-7-10-22(17-21)19-29-15-8-14-28-29/h7-10,14-15,17H,3-6,11-13,16,18-20H2,1-2H3,(H2,25,26,27). The summed E-state index contributed by atoms with van der Waals surface area (Å²) in [5.74, 6) is 0.901. The average Bonchev–Trinajstić information content (AvgIpc) is 3.43. The minimum Gasteiger partial charge on any atom is -0.382 e. The Morgan fingerprint density at radius 3 is 2.73 bits per heavy atom. The average molecular weight is 412 g/mol. The van der Waals surface area contributed by atoms with Gasteiger partial charge in [0.25, 0.3) is 0 Å². The van der Waals surface area contributed by atoms with E-state index in [1.54, 1.807) is 0 Å². The molecule has 0 radical (unpaired) electrons. The van der Waals surface area contributed by atoms with E-state index in [-0.39, 0.29) is 0 Å². The largest absolute Gasteiger partial charge is 0.382 e. The van der Waals surface area contributed by atoms with Crippen LogP contribution in [-0.2, 0) is 17.8 Å². The van der Waals surface area contributed by atoms with E-state index in [1.807, 2.05) is 23.1 Å². The number of hydrogen-bond acceptors (Lipinski definition) is 3. The normalized spacial score (nSPS) is 16.0. The second-order valence-corrected chi connectivity index (χ2v) is 8.23. The van der Waals surface area contributed by atoms with Crippen molar-refractivity contribution in [3.8, 4) is 0 Å². The summed E-state index contributed by atoms with van der Waals surface area (Å²) in [6.07, 6.45) is 10.1. The minimum absolute atomic E-state index is 0.342. The Morgan fingerprint density at radius 2 is 2.00 bits per heavy atom. The zero-order valence-corrected chi connectivity index (χ0v) is 18.6. The molecule has 1 aromatic heterocycles. The molecule has 1 saturated carbocycles. The first kappa shape index (κ1) is 22.3. The third-order valence-corrected chi connectivity index (χ3v) is 5.94. The molecule has 0 aliphatic heterocycles. The third kappa shape index (κ3) is 6.87. The Labute approximate surface area is 181 Å². The Hall–Kier alpha value is -2.34. The van der Waals surface area contributed by atoms with Crippen molar-refractivity contribution in [3.05, 3.63) is 53.9 Å². The molecule has 2 N–H and O–H groups in total. The van der Waals surface area contributed by atoms with E-state index in [9.17, 15) is 0 Å². The van der Waals surface area contributed by atoms with Crippen molar-refractivity contribution in [1.82, 2.24) is 20.4 Å². The van der Waals surface area contributed by atoms with Gasteiger partial charge in [-0.05, 0) is 55.7 Å². The Bertz CT molecular complexity index is 766. The van der Waals surface area contributed by atoms with Crippen molar-refractivity contribution in [3.63, 3.8) is 0 Å². The van der Waals surface area contributed by atoms with Gasteiger partial charge >= 0.3 is 0 Å². The summed E-state index contributed by atoms with van der Waals surface area (Å²) < 4.78 is 7.59. The predicted octanol–water partition coefficient (Wildman–Crippen LogP) is 3.97. The highest BCUT2D eigenvalue weighted by atomic mass is 16.5. The monoisotopic (exact) mass is 411 g/mol. The highest BCUT2D eigenvalue weighted by Gasteiger charge is 2.33. The first-order chi connectivity index (χ1) is 14.7. The third-order valence-electron chi connectivity index (χ3n) is 5.94. The van der Waals surface area contributed by atoms with Crippen molar-refractivity contribution < 1.29 is 4.74 Å². The molecule has 1 aromatic carbocycles. The fourth-order valence-corrected chi connectivity index (χ4v) is 4.26. The molecule has 0 bridgehead atoms. The molecule has 3 rings (SSSR count). The molecule has 0 atom stereocenters. The van der Waals surface area contributed by atoms with Gasteiger partial charge in [-0.1, -0.05) is 37.1 Å². The number of rotatable bonds is 11. The Morgan fingerprint density at radius 1 is 1.17 bits per heavy atom. The molecule has 2 aromatic rings. The first-order valence-electron chi connectivity index (χ1n) is 11.4. The highest BCUT2D eigenvalue weighted by Crippen LogP contribution is 2.40. The van der Waals surface area contributed by atoms with E-state index in [1.165, 1.54) is 36.8 Å². The number of aliphatic imine (C=N–C) groups is 1. The van der Waals surface area contributed by atoms with Gasteiger partial charge in [0.05, 0.1) is 13.1 Å². The van der Waals surface area contributed by atoms with Gasteiger partial charge in [-0.2, -0.15) is 5.10 Å². The number of nitrogens with one attached hydrogen (secondary N) is 2. The number of nitrogens with zero attached hydrogens (tertiary/aromatic N) is 3. The van der Waals surface area contributed by atoms with E-state index >= 15 is 0 Å². The second kappa shape index (κ2) is 11.7. The molecular formula is C24H37N5O. The summed E-state index contributed by atoms with van der Waals surface area (Å²) in [7, 11) is 0. The quantitative estimate of drug-likeness (QED) is 0.334. The van der Waals surface area contributed by atoms with Crippen LogP contribution >= 0.6 is 0 Å². The summed E-state index contributed by atoms with van der Waals surface area (Å²) in [4.78, 5) is 4.85. The zero-order chi connectivity index (χ0) is 21.1. The van der Waals surface area contributed by atoms with Crippen LogP contribution in [0.4, 0.5) is 0 Å². The summed E-state index contributed by atoms with van der Waals surface area (Å²) in [5.41, 5.74) is 2.80. The number of hydrogen-bond donors (Lipinski definition) is 2. The smallest absolute Gasteiger partial charge is 0.191 e. The van der Waals surface area contributed by atoms with Crippen LogP contribution in [0.3, 0.4) is 0 Å². The first-order valence-corrected chi connectivity index (χ1v) is 11.4. The van der Waals surface area contributed by atoms with Crippen LogP contribution in [0.1, 0.15) is 57.1 Å². The maximum Gasteiger partial charge on any atom is 0.191 e. The van der Waals surface area contributed by atoms with Crippen LogP contribution in [0, 0.1) is 5.41 Å². The number of guanidine groups is 1. The van der Waals surface area contributed by atoms with Crippen molar-refractivity contribution >= 4 is 5.96 Å². The lowest BCUT2D eigenvalue weighted by Gasteiger charge is -2.30. The molecule has 1 heterocycles. The van der Waals surface area contributed by atoms with Gasteiger partial charge in [0.15, 0.2) is 5.96 Å². The number of ether oxygens (including phenoxy) is 1. The topological polar surface area (TPSA) is 63.5 Å². The molecule has 1 fully saturated rings. The molecule has 0 spiro atoms. The molecule has 0 saturated heterocycles. The second-order valence-electron chi connectivity index (χ2n) is 8.23. The van der Waals surface area contributed by atoms with Gasteiger partial charge < -0.3 is 15.4 Å². The van der Waals surface area contributed by atoms with Crippen LogP contribution < -0.4 is 10.6 Å². The van der Waals surface area contributed by atoms with Crippen molar-refractivity contribution in [1.29, 1.82) is 0 Å². The van der Waals surface area contributed by atoms with E-state index in [0.29, 0.717) is 12.0 Å². The van der Waals surface area contributed by atoms with E-state index in [0.717, 1.165) is 45.2 Å². The number of benzene rings is 1. The van der Waals surface area contributed by atoms with Gasteiger partial charge in [-0.25, -0.2) is 4.99 Å². The van der Waals surface area contributed by atoms with Crippen molar-refractivity contribution in [2.24, 2.45) is 10.4 Å². The molecule has 1 aliphatic carbocycles. The van der Waals surface area contributed by atoms with Gasteiger partial charge in [-0.15, -0.1) is 0 Å². The molecule has 1 aliphatic rings. The molecule has 30 heavy (non-hydrogen) atoms. The number of aromatic nitrogens is 2. The van der Waals surface area contributed by atoms with Crippen molar-refractivity contribution in [2.75, 3.05) is 26.3 Å². The van der Waals surface area contributed by atoms with Crippen LogP contribution in [0.2, 0.25) is 0 Å². The van der Waals surface area contributed by atoms with Crippen LogP contribution in [-0.4, -0.2) is 42.0 Å². The van der Waals surface area contributed by atoms with Crippen LogP contribution in [0.15, 0.2) is 47.7 Å². The van der Waals surface area contributed by atoms with E-state index < -0.39 is 0 Å². The van der Waals surface area contributed by atoms with Gasteiger partial charge in [0, 0.05) is 38.7 Å². The summed E-state index contributed by atoms with van der Waals surface area (Å²) in [6, 6.07) is 10.6. The summed E-state index contributed by atoms with van der Waals surface area (Å²) >= 11 is 0. The molecule has 164 valence electrons. The Kier molecular flexibility index (Phi) is 8.75. The molecular weight excluding hydrogens is 374 g/mol. The fourth-order valence-electron chi connectivity index (χ4n) is 4.26. The lowest BCUT2D eigenvalue weighted by molar-refractivity contribution is 0.105. The van der Waals surface area contributed by atoms with Crippen molar-refractivity contribution in [2.45, 2.75) is 59.0 Å². The van der Waals surface area contributed by atoms with Crippen LogP contribution in [0.25, 0.3) is 0 Å². The zero-order valence-electron chi connectivity index (χ0n) is 18.6. The van der Waals surface area contributed by atoms with Gasteiger partial charge in [0.1, 0.15) is 0 Å². The molecule has 0 unspecified atom stereocenters. The summed E-state index contributed by atoms with van der Waals surface area (Å²) in [5, 5.41) is 11.3. The van der Waals surface area contributed by atoms with E-state index in [2.05, 4.69) is 53.8 Å². The maximum absolute atomic E-state index is 5.65. The minimum atomic E-state index is 0.342.